The maximum Gasteiger partial charge on any atom is 0.332 e. The van der Waals surface area contributed by atoms with Crippen LogP contribution < -0.4 is 10.7 Å². The molecule has 2 aromatic rings. The fourth-order valence-electron chi connectivity index (χ4n) is 2.33. The van der Waals surface area contributed by atoms with Gasteiger partial charge in [-0.1, -0.05) is 18.2 Å². The summed E-state index contributed by atoms with van der Waals surface area (Å²) in [7, 11) is 0. The Hall–Kier alpha value is -3.40. The molecule has 1 aliphatic rings. The first-order valence-corrected chi connectivity index (χ1v) is 8.38. The monoisotopic (exact) mass is 385 g/mol. The van der Waals surface area contributed by atoms with Crippen molar-refractivity contribution >= 4 is 30.1 Å². The van der Waals surface area contributed by atoms with E-state index >= 15 is 0 Å². The van der Waals surface area contributed by atoms with Crippen molar-refractivity contribution < 1.29 is 19.4 Å². The van der Waals surface area contributed by atoms with Crippen LogP contribution in [0.5, 0.6) is 5.88 Å². The molecular weight excluding hydrogens is 370 g/mol. The molecule has 2 N–H and O–H groups in total. The van der Waals surface area contributed by atoms with Crippen LogP contribution in [0.25, 0.3) is 6.08 Å². The van der Waals surface area contributed by atoms with Crippen LogP contribution in [-0.4, -0.2) is 32.5 Å². The highest BCUT2D eigenvalue weighted by Crippen LogP contribution is 2.20. The van der Waals surface area contributed by atoms with Gasteiger partial charge in [-0.15, -0.1) is 0 Å². The van der Waals surface area contributed by atoms with Crippen molar-refractivity contribution in [3.63, 3.8) is 0 Å². The Kier molecular flexibility index (Phi) is 5.08. The quantitative estimate of drug-likeness (QED) is 0.616. The minimum atomic E-state index is -0.666. The van der Waals surface area contributed by atoms with Crippen LogP contribution in [0.4, 0.5) is 0 Å². The van der Waals surface area contributed by atoms with Gasteiger partial charge in [0.1, 0.15) is 0 Å². The summed E-state index contributed by atoms with van der Waals surface area (Å²) < 4.78 is 1.34. The molecule has 1 aromatic carbocycles. The van der Waals surface area contributed by atoms with Crippen molar-refractivity contribution in [3.05, 3.63) is 62.3 Å². The van der Waals surface area contributed by atoms with Crippen molar-refractivity contribution in [1.29, 1.82) is 0 Å². The third-order valence-electron chi connectivity index (χ3n) is 3.62. The maximum atomic E-state index is 12.3. The number of H-pyrrole nitrogens is 2. The number of carbonyl (C=O) groups excluding carboxylic acids is 1. The molecule has 0 aliphatic carbocycles. The Labute approximate surface area is 158 Å². The smallest absolute Gasteiger partial charge is 0.332 e. The predicted octanol–water partition coefficient (Wildman–Crippen LogP) is 1.90. The second-order valence-electron chi connectivity index (χ2n) is 5.88. The minimum Gasteiger partial charge on any atom is -0.860 e. The number of hydrogen-bond donors (Lipinski definition) is 2. The summed E-state index contributed by atoms with van der Waals surface area (Å²) in [5, 5.41) is 15.9. The Bertz CT molecular complexity index is 1100. The van der Waals surface area contributed by atoms with Gasteiger partial charge in [0.15, 0.2) is 10.8 Å². The number of aromatic amines is 2. The number of nitrogens with one attached hydrogen (secondary N) is 2. The van der Waals surface area contributed by atoms with E-state index in [1.54, 1.807) is 30.3 Å². The normalized spacial score (nSPS) is 16.6. The lowest BCUT2D eigenvalue weighted by atomic mass is 10.2. The van der Waals surface area contributed by atoms with E-state index in [2.05, 4.69) is 20.2 Å². The van der Waals surface area contributed by atoms with Crippen molar-refractivity contribution in [1.82, 2.24) is 9.97 Å². The first-order chi connectivity index (χ1) is 12.9. The first kappa shape index (κ1) is 18.4. The molecule has 10 heteroatoms. The minimum absolute atomic E-state index is 0.0756. The molecule has 0 fully saturated rings. The van der Waals surface area contributed by atoms with Crippen molar-refractivity contribution in [2.75, 3.05) is 0 Å². The molecule has 27 heavy (non-hydrogen) atoms. The van der Waals surface area contributed by atoms with Gasteiger partial charge in [-0.2, -0.15) is 4.99 Å². The van der Waals surface area contributed by atoms with Crippen LogP contribution in [0.15, 0.2) is 51.1 Å². The lowest BCUT2D eigenvalue weighted by Gasteiger charge is -2.08. The number of aromatic nitrogens is 2. The van der Waals surface area contributed by atoms with Gasteiger partial charge in [0.25, 0.3) is 11.5 Å². The largest absolute Gasteiger partial charge is 0.860 e. The van der Waals surface area contributed by atoms with E-state index in [0.29, 0.717) is 5.56 Å². The topological polar surface area (TPSA) is 126 Å². The highest BCUT2D eigenvalue weighted by atomic mass is 32.1. The molecule has 0 saturated heterocycles. The molecule has 0 unspecified atom stereocenters. The number of rotatable bonds is 3. The number of benzene rings is 1. The Balaban J connectivity index is 2.09. The fraction of sp³-hybridized carbons (Fsp3) is 0.176. The molecule has 2 heterocycles. The van der Waals surface area contributed by atoms with Crippen LogP contribution in [0.2, 0.25) is 0 Å². The average Bonchev–Trinajstić information content (AvgIpc) is 3.01. The number of nitrogens with zero attached hydrogens (tertiary/aromatic N) is 3. The molecule has 0 bridgehead atoms. The van der Waals surface area contributed by atoms with Crippen LogP contribution >= 0.6 is 12.2 Å². The van der Waals surface area contributed by atoms with Crippen LogP contribution in [0, 0.1) is 4.77 Å². The molecular formula is C17H15N5O4S. The van der Waals surface area contributed by atoms with E-state index < -0.39 is 17.3 Å². The van der Waals surface area contributed by atoms with Crippen molar-refractivity contribution in [3.8, 4) is 5.88 Å². The summed E-state index contributed by atoms with van der Waals surface area (Å²) in [4.78, 5) is 38.2. The Morgan fingerprint density at radius 3 is 2.67 bits per heavy atom. The van der Waals surface area contributed by atoms with E-state index in [9.17, 15) is 14.7 Å². The summed E-state index contributed by atoms with van der Waals surface area (Å²) >= 11 is 4.77. The summed E-state index contributed by atoms with van der Waals surface area (Å²) in [5.41, 5.74) is -0.296. The zero-order chi connectivity index (χ0) is 19.6. The van der Waals surface area contributed by atoms with E-state index in [0.717, 1.165) is 0 Å². The lowest BCUT2D eigenvalue weighted by Crippen LogP contribution is -2.21. The van der Waals surface area contributed by atoms with Gasteiger partial charge in [-0.05, 0) is 34.9 Å². The molecule has 1 aliphatic heterocycles. The van der Waals surface area contributed by atoms with Gasteiger partial charge in [-0.25, -0.2) is 0 Å². The zero-order valence-corrected chi connectivity index (χ0v) is 15.2. The molecule has 3 rings (SSSR count). The number of hydrogen-bond acceptors (Lipinski definition) is 6. The van der Waals surface area contributed by atoms with Gasteiger partial charge in [0, 0.05) is 25.5 Å². The van der Waals surface area contributed by atoms with E-state index in [1.165, 1.54) is 10.8 Å². The van der Waals surface area contributed by atoms with Gasteiger partial charge in [-0.3, -0.25) is 19.4 Å². The number of aliphatic imine (C=N–C) groups is 1. The Morgan fingerprint density at radius 2 is 2.04 bits per heavy atom. The molecule has 138 valence electrons. The summed E-state index contributed by atoms with van der Waals surface area (Å²) in [6.45, 7) is 3.65. The van der Waals surface area contributed by atoms with Gasteiger partial charge in [0.2, 0.25) is 5.28 Å². The van der Waals surface area contributed by atoms with Crippen LogP contribution in [0.1, 0.15) is 29.8 Å². The van der Waals surface area contributed by atoms with E-state index in [1.807, 2.05) is 13.8 Å². The molecule has 1 amide bonds. The fourth-order valence-corrected chi connectivity index (χ4v) is 2.52. The molecule has 0 radical (unpaired) electrons. The standard InChI is InChI=1S/C17H15N5O4S/c1-9(2)22-12(8-11-14(24)19-17(27)20-15(11)25)16(26-21-22)18-13(23)10-6-4-3-5-7-10/h3-9H,1-2H3,(H2-,18,19,20,21,23,24,25,27). The molecule has 0 spiro atoms. The van der Waals surface area contributed by atoms with Gasteiger partial charge < -0.3 is 10.1 Å². The highest BCUT2D eigenvalue weighted by molar-refractivity contribution is 7.71. The van der Waals surface area contributed by atoms with E-state index in [-0.39, 0.29) is 28.0 Å². The lowest BCUT2D eigenvalue weighted by molar-refractivity contribution is -0.576. The van der Waals surface area contributed by atoms with E-state index in [4.69, 9.17) is 17.1 Å². The summed E-state index contributed by atoms with van der Waals surface area (Å²) in [6, 6.07) is 8.24. The number of carbonyl (C=O) groups is 1. The first-order valence-electron chi connectivity index (χ1n) is 7.97. The predicted molar refractivity (Wildman–Crippen MR) is 96.8 cm³/mol. The molecule has 1 aromatic heterocycles. The molecule has 0 atom stereocenters. The second-order valence-corrected chi connectivity index (χ2v) is 6.29. The highest BCUT2D eigenvalue weighted by Gasteiger charge is 2.36. The molecule has 0 saturated carbocycles. The molecule has 9 nitrogen and oxygen atoms in total. The second kappa shape index (κ2) is 7.46. The maximum absolute atomic E-state index is 12.3. The Morgan fingerprint density at radius 1 is 1.33 bits per heavy atom. The third-order valence-corrected chi connectivity index (χ3v) is 3.82. The summed E-state index contributed by atoms with van der Waals surface area (Å²) in [6.07, 6.45) is 1.26. The third kappa shape index (κ3) is 3.90. The van der Waals surface area contributed by atoms with Crippen LogP contribution in [0.3, 0.4) is 0 Å². The average molecular weight is 385 g/mol. The van der Waals surface area contributed by atoms with Gasteiger partial charge in [0.05, 0.1) is 5.56 Å². The van der Waals surface area contributed by atoms with Crippen LogP contribution in [-0.2, 0) is 4.84 Å². The number of amides is 1. The van der Waals surface area contributed by atoms with Crippen molar-refractivity contribution in [2.45, 2.75) is 19.9 Å². The zero-order valence-electron chi connectivity index (χ0n) is 14.4. The van der Waals surface area contributed by atoms with Gasteiger partial charge >= 0.3 is 11.6 Å². The SMILES string of the molecule is CC(C)[N+]1=NOC(=NC(=O)c2ccccc2)/C1=C\c1c([O-])[nH]c(=S)[nH]c1=O. The van der Waals surface area contributed by atoms with Crippen molar-refractivity contribution in [2.24, 2.45) is 10.3 Å². The summed E-state index contributed by atoms with van der Waals surface area (Å²) in [5.74, 6) is -1.32.